The zero-order valence-electron chi connectivity index (χ0n) is 27.3. The van der Waals surface area contributed by atoms with E-state index in [4.69, 9.17) is 35.6 Å². The van der Waals surface area contributed by atoms with Crippen molar-refractivity contribution in [3.63, 3.8) is 0 Å². The summed E-state index contributed by atoms with van der Waals surface area (Å²) >= 11 is 6.70. The summed E-state index contributed by atoms with van der Waals surface area (Å²) in [6.45, 7) is 7.72. The molecule has 4 aromatic rings. The molecule has 0 spiro atoms. The zero-order chi connectivity index (χ0) is 33.7. The van der Waals surface area contributed by atoms with E-state index in [0.29, 0.717) is 29.4 Å². The van der Waals surface area contributed by atoms with Gasteiger partial charge in [0.2, 0.25) is 0 Å². The summed E-state index contributed by atoms with van der Waals surface area (Å²) in [5.41, 5.74) is 1.04. The molecule has 47 heavy (non-hydrogen) atoms. The summed E-state index contributed by atoms with van der Waals surface area (Å²) in [7, 11) is 2.91. The van der Waals surface area contributed by atoms with Crippen LogP contribution in [-0.2, 0) is 19.0 Å². The second kappa shape index (κ2) is 12.4. The molecular formula is C35H38ClFN4O6. The van der Waals surface area contributed by atoms with E-state index in [1.54, 1.807) is 69.1 Å². The molecule has 6 rings (SSSR count). The Hall–Kier alpha value is -4.19. The molecule has 0 N–H and O–H groups in total. The molecular weight excluding hydrogens is 627 g/mol. The highest BCUT2D eigenvalue weighted by atomic mass is 35.5. The number of ether oxygens (including phenoxy) is 4. The van der Waals surface area contributed by atoms with Crippen molar-refractivity contribution in [1.82, 2.24) is 9.78 Å². The summed E-state index contributed by atoms with van der Waals surface area (Å²) in [5.74, 6) is -1.40. The molecule has 2 atom stereocenters. The third-order valence-electron chi connectivity index (χ3n) is 8.41. The molecule has 1 aromatic heterocycles. The highest BCUT2D eigenvalue weighted by molar-refractivity contribution is 6.34. The minimum atomic E-state index is -1.32. The van der Waals surface area contributed by atoms with Gasteiger partial charge in [-0.1, -0.05) is 11.6 Å². The summed E-state index contributed by atoms with van der Waals surface area (Å²) < 4.78 is 39.1. The average molecular weight is 665 g/mol. The molecule has 0 radical (unpaired) electrons. The Labute approximate surface area is 277 Å². The maximum Gasteiger partial charge on any atom is 0.340 e. The first-order chi connectivity index (χ1) is 22.4. The minimum absolute atomic E-state index is 0.0155. The number of benzene rings is 3. The van der Waals surface area contributed by atoms with Crippen molar-refractivity contribution in [2.24, 2.45) is 0 Å². The minimum Gasteiger partial charge on any atom is -0.494 e. The van der Waals surface area contributed by atoms with Crippen molar-refractivity contribution >= 4 is 57.1 Å². The van der Waals surface area contributed by atoms with Gasteiger partial charge in [0.15, 0.2) is 17.8 Å². The van der Waals surface area contributed by atoms with Crippen molar-refractivity contribution in [2.45, 2.75) is 64.3 Å². The molecule has 3 heterocycles. The predicted molar refractivity (Wildman–Crippen MR) is 178 cm³/mol. The predicted octanol–water partition coefficient (Wildman–Crippen LogP) is 7.71. The Bertz CT molecular complexity index is 1850. The molecule has 1 amide bonds. The van der Waals surface area contributed by atoms with Crippen LogP contribution in [0.3, 0.4) is 0 Å². The maximum absolute atomic E-state index is 14.9. The number of carbonyl (C=O) groups is 2. The monoisotopic (exact) mass is 664 g/mol. The van der Waals surface area contributed by atoms with Gasteiger partial charge in [-0.05, 0) is 89.4 Å². The van der Waals surface area contributed by atoms with Crippen molar-refractivity contribution in [3.05, 3.63) is 71.1 Å². The fraction of sp³-hybridized carbons (Fsp3) is 0.400. The van der Waals surface area contributed by atoms with Gasteiger partial charge in [-0.2, -0.15) is 5.10 Å². The van der Waals surface area contributed by atoms with Gasteiger partial charge in [0.25, 0.3) is 5.91 Å². The number of amides is 1. The largest absolute Gasteiger partial charge is 0.494 e. The number of methoxy groups -OCH3 is 2. The number of esters is 1. The summed E-state index contributed by atoms with van der Waals surface area (Å²) in [6.07, 6.45) is 4.34. The molecule has 1 unspecified atom stereocenters. The van der Waals surface area contributed by atoms with Crippen LogP contribution in [0.4, 0.5) is 27.1 Å². The number of aromatic nitrogens is 2. The number of halogens is 2. The SMILES string of the molecule is COC[C@@]1(C)C(=O)N(c2ccc(C(=O)OC(C)(C)C)c(Cl)c2)c2cc3c(cnn3C3CCCCO3)cc2N1c1ccc(F)c(OC)c1. The lowest BCUT2D eigenvalue weighted by atomic mass is 9.91. The van der Waals surface area contributed by atoms with E-state index >= 15 is 0 Å². The molecule has 2 aliphatic heterocycles. The normalized spacial score (nSPS) is 20.0. The van der Waals surface area contributed by atoms with Crippen molar-refractivity contribution < 1.29 is 32.9 Å². The highest BCUT2D eigenvalue weighted by Gasteiger charge is 2.50. The van der Waals surface area contributed by atoms with Crippen LogP contribution in [-0.4, -0.2) is 60.2 Å². The van der Waals surface area contributed by atoms with Crippen LogP contribution < -0.4 is 14.5 Å². The number of hydrogen-bond acceptors (Lipinski definition) is 8. The number of nitrogens with zero attached hydrogens (tertiary/aromatic N) is 4. The summed E-state index contributed by atoms with van der Waals surface area (Å²) in [4.78, 5) is 31.3. The third kappa shape index (κ3) is 5.92. The van der Waals surface area contributed by atoms with Crippen molar-refractivity contribution in [1.29, 1.82) is 0 Å². The first-order valence-electron chi connectivity index (χ1n) is 15.5. The van der Waals surface area contributed by atoms with Crippen molar-refractivity contribution in [3.8, 4) is 5.75 Å². The number of carbonyl (C=O) groups excluding carboxylic acids is 2. The lowest BCUT2D eigenvalue weighted by molar-refractivity contribution is -0.124. The van der Waals surface area contributed by atoms with E-state index in [1.165, 1.54) is 20.3 Å². The van der Waals surface area contributed by atoms with E-state index in [9.17, 15) is 14.0 Å². The lowest BCUT2D eigenvalue weighted by Gasteiger charge is -2.49. The van der Waals surface area contributed by atoms with E-state index in [-0.39, 0.29) is 35.1 Å². The second-order valence-corrected chi connectivity index (χ2v) is 13.4. The van der Waals surface area contributed by atoms with Gasteiger partial charge < -0.3 is 23.8 Å². The Morgan fingerprint density at radius 2 is 1.85 bits per heavy atom. The Morgan fingerprint density at radius 3 is 2.51 bits per heavy atom. The van der Waals surface area contributed by atoms with Crippen LogP contribution in [0.15, 0.2) is 54.7 Å². The van der Waals surface area contributed by atoms with Crippen LogP contribution >= 0.6 is 11.6 Å². The quantitative estimate of drug-likeness (QED) is 0.185. The fourth-order valence-electron chi connectivity index (χ4n) is 6.30. The van der Waals surface area contributed by atoms with Crippen LogP contribution in [0.1, 0.15) is 63.5 Å². The second-order valence-electron chi connectivity index (χ2n) is 13.0. The lowest BCUT2D eigenvalue weighted by Crippen LogP contribution is -2.61. The van der Waals surface area contributed by atoms with Gasteiger partial charge in [-0.25, -0.2) is 13.9 Å². The average Bonchev–Trinajstić information content (AvgIpc) is 3.44. The standard InChI is InChI=1S/C35H38ClFN4O6/c1-34(2,3)47-32(42)24-12-10-22(16-25(24)36)39-28-18-27-21(19-38-41(27)31-9-7-8-14-46-31)15-29(28)40(35(4,20-44-5)33(39)43)23-11-13-26(37)30(17-23)45-6/h10-13,15-19,31H,7-9,14,20H2,1-6H3/t31?,35-/m0/s1. The molecule has 1 saturated heterocycles. The van der Waals surface area contributed by atoms with Gasteiger partial charge in [-0.3, -0.25) is 9.69 Å². The van der Waals surface area contributed by atoms with Crippen LogP contribution in [0.5, 0.6) is 5.75 Å². The van der Waals surface area contributed by atoms with Gasteiger partial charge in [0.1, 0.15) is 11.1 Å². The molecule has 1 fully saturated rings. The molecule has 2 aliphatic rings. The summed E-state index contributed by atoms with van der Waals surface area (Å²) in [5, 5.41) is 5.65. The van der Waals surface area contributed by atoms with E-state index in [1.807, 2.05) is 21.7 Å². The number of rotatable bonds is 7. The zero-order valence-corrected chi connectivity index (χ0v) is 28.1. The summed E-state index contributed by atoms with van der Waals surface area (Å²) in [6, 6.07) is 13.1. The Morgan fingerprint density at radius 1 is 1.09 bits per heavy atom. The molecule has 3 aromatic carbocycles. The number of anilines is 4. The molecule has 10 nitrogen and oxygen atoms in total. The third-order valence-corrected chi connectivity index (χ3v) is 8.72. The number of hydrogen-bond donors (Lipinski definition) is 0. The van der Waals surface area contributed by atoms with Crippen molar-refractivity contribution in [2.75, 3.05) is 37.2 Å². The first-order valence-corrected chi connectivity index (χ1v) is 15.9. The Kier molecular flexibility index (Phi) is 8.67. The molecule has 0 bridgehead atoms. The van der Waals surface area contributed by atoms with Crippen LogP contribution in [0.25, 0.3) is 10.9 Å². The van der Waals surface area contributed by atoms with Gasteiger partial charge in [-0.15, -0.1) is 0 Å². The number of fused-ring (bicyclic) bond motifs is 2. The van der Waals surface area contributed by atoms with Gasteiger partial charge in [0, 0.05) is 30.9 Å². The van der Waals surface area contributed by atoms with E-state index in [0.717, 1.165) is 30.2 Å². The first kappa shape index (κ1) is 32.7. The maximum atomic E-state index is 14.9. The topological polar surface area (TPSA) is 95.4 Å². The van der Waals surface area contributed by atoms with E-state index < -0.39 is 22.9 Å². The van der Waals surface area contributed by atoms with Crippen LogP contribution in [0, 0.1) is 5.82 Å². The molecule has 0 aliphatic carbocycles. The van der Waals surface area contributed by atoms with Crippen LogP contribution in [0.2, 0.25) is 5.02 Å². The van der Waals surface area contributed by atoms with Gasteiger partial charge in [0.05, 0.1) is 53.1 Å². The molecule has 248 valence electrons. The highest BCUT2D eigenvalue weighted by Crippen LogP contribution is 2.50. The smallest absolute Gasteiger partial charge is 0.340 e. The van der Waals surface area contributed by atoms with E-state index in [2.05, 4.69) is 0 Å². The fourth-order valence-corrected chi connectivity index (χ4v) is 6.56. The molecule has 0 saturated carbocycles. The van der Waals surface area contributed by atoms with Gasteiger partial charge >= 0.3 is 5.97 Å². The molecule has 12 heteroatoms. The Balaban J connectivity index is 1.58.